The lowest BCUT2D eigenvalue weighted by molar-refractivity contribution is 0.583. The van der Waals surface area contributed by atoms with Crippen LogP contribution < -0.4 is 0 Å². The number of aromatic nitrogens is 2. The minimum Gasteiger partial charge on any atom is -0.236 e. The summed E-state index contributed by atoms with van der Waals surface area (Å²) < 4.78 is 24.1. The molecule has 1 aromatic heterocycles. The first-order valence-electron chi connectivity index (χ1n) is 5.64. The van der Waals surface area contributed by atoms with Gasteiger partial charge in [0.15, 0.2) is 20.7 Å². The van der Waals surface area contributed by atoms with E-state index >= 15 is 0 Å². The maximum absolute atomic E-state index is 12.0. The van der Waals surface area contributed by atoms with Crippen molar-refractivity contribution in [2.75, 3.05) is 0 Å². The Morgan fingerprint density at radius 1 is 1.06 bits per heavy atom. The molecule has 0 spiro atoms. The molecule has 1 heterocycles. The molecule has 2 aromatic rings. The maximum atomic E-state index is 12.0. The van der Waals surface area contributed by atoms with Crippen LogP contribution in [-0.4, -0.2) is 23.6 Å². The highest BCUT2D eigenvalue weighted by Gasteiger charge is 2.21. The van der Waals surface area contributed by atoms with E-state index in [0.717, 1.165) is 5.56 Å². The maximum Gasteiger partial charge on any atom is 0.198 e. The summed E-state index contributed by atoms with van der Waals surface area (Å²) in [6, 6.07) is 10.7. The van der Waals surface area contributed by atoms with Gasteiger partial charge < -0.3 is 0 Å². The molecule has 5 heteroatoms. The fourth-order valence-electron chi connectivity index (χ4n) is 1.47. The highest BCUT2D eigenvalue weighted by atomic mass is 32.2. The molecular formula is C13H14N2O2S. The van der Waals surface area contributed by atoms with Crippen molar-refractivity contribution >= 4 is 9.84 Å². The second kappa shape index (κ2) is 4.86. The third-order valence-corrected chi connectivity index (χ3v) is 4.63. The normalized spacial score (nSPS) is 11.7. The van der Waals surface area contributed by atoms with Gasteiger partial charge in [0.1, 0.15) is 0 Å². The number of rotatable bonds is 3. The Bertz CT molecular complexity index is 637. The molecule has 18 heavy (non-hydrogen) atoms. The monoisotopic (exact) mass is 262 g/mol. The lowest BCUT2D eigenvalue weighted by Gasteiger charge is -2.07. The van der Waals surface area contributed by atoms with Crippen molar-refractivity contribution in [1.82, 2.24) is 9.97 Å². The first-order chi connectivity index (χ1) is 8.51. The van der Waals surface area contributed by atoms with E-state index in [9.17, 15) is 8.42 Å². The van der Waals surface area contributed by atoms with E-state index in [0.29, 0.717) is 5.82 Å². The molecule has 1 aromatic carbocycles. The third kappa shape index (κ3) is 2.41. The Hall–Kier alpha value is -1.75. The molecule has 0 N–H and O–H groups in total. The smallest absolute Gasteiger partial charge is 0.198 e. The van der Waals surface area contributed by atoms with Gasteiger partial charge in [-0.15, -0.1) is 0 Å². The number of benzene rings is 1. The van der Waals surface area contributed by atoms with Crippen molar-refractivity contribution in [1.29, 1.82) is 0 Å². The van der Waals surface area contributed by atoms with Gasteiger partial charge in [-0.05, 0) is 19.9 Å². The van der Waals surface area contributed by atoms with Crippen LogP contribution >= 0.6 is 0 Å². The van der Waals surface area contributed by atoms with Gasteiger partial charge in [-0.1, -0.05) is 30.3 Å². The topological polar surface area (TPSA) is 59.9 Å². The minimum atomic E-state index is -3.36. The molecule has 94 valence electrons. The molecule has 0 aliphatic carbocycles. The highest BCUT2D eigenvalue weighted by molar-refractivity contribution is 7.91. The average Bonchev–Trinajstić information content (AvgIpc) is 2.40. The Balaban J connectivity index is 2.50. The lowest BCUT2D eigenvalue weighted by atomic mass is 10.2. The van der Waals surface area contributed by atoms with Crippen LogP contribution in [0.4, 0.5) is 0 Å². The summed E-state index contributed by atoms with van der Waals surface area (Å²) in [6.07, 6.45) is 1.48. The summed E-state index contributed by atoms with van der Waals surface area (Å²) in [5.74, 6) is 0.428. The zero-order chi connectivity index (χ0) is 13.2. The molecule has 0 saturated carbocycles. The Labute approximate surface area is 107 Å². The summed E-state index contributed by atoms with van der Waals surface area (Å²) >= 11 is 0. The summed E-state index contributed by atoms with van der Waals surface area (Å²) in [5.41, 5.74) is 0.804. The number of sulfone groups is 1. The van der Waals surface area contributed by atoms with Crippen LogP contribution in [0.25, 0.3) is 11.4 Å². The second-order valence-corrected chi connectivity index (χ2v) is 6.63. The molecule has 0 unspecified atom stereocenters. The van der Waals surface area contributed by atoms with Gasteiger partial charge >= 0.3 is 0 Å². The van der Waals surface area contributed by atoms with Gasteiger partial charge in [0, 0.05) is 11.8 Å². The van der Waals surface area contributed by atoms with Gasteiger partial charge in [-0.2, -0.15) is 0 Å². The predicted octanol–water partition coefficient (Wildman–Crippen LogP) is 2.33. The molecule has 0 fully saturated rings. The molecule has 0 aliphatic rings. The SMILES string of the molecule is CC(C)S(=O)(=O)c1ccnc(-c2ccccc2)n1. The molecule has 0 atom stereocenters. The van der Waals surface area contributed by atoms with Crippen molar-refractivity contribution in [3.05, 3.63) is 42.6 Å². The quantitative estimate of drug-likeness (QED) is 0.796. The van der Waals surface area contributed by atoms with E-state index in [1.54, 1.807) is 13.8 Å². The van der Waals surface area contributed by atoms with Crippen molar-refractivity contribution in [2.45, 2.75) is 24.1 Å². The van der Waals surface area contributed by atoms with E-state index in [1.165, 1.54) is 12.3 Å². The number of hydrogen-bond acceptors (Lipinski definition) is 4. The van der Waals surface area contributed by atoms with Gasteiger partial charge in [-0.3, -0.25) is 0 Å². The third-order valence-electron chi connectivity index (χ3n) is 2.57. The van der Waals surface area contributed by atoms with Crippen LogP contribution in [0.5, 0.6) is 0 Å². The Morgan fingerprint density at radius 3 is 2.33 bits per heavy atom. The van der Waals surface area contributed by atoms with Crippen molar-refractivity contribution in [2.24, 2.45) is 0 Å². The molecule has 0 aliphatic heterocycles. The summed E-state index contributed by atoms with van der Waals surface area (Å²) in [4.78, 5) is 8.24. The van der Waals surface area contributed by atoms with Gasteiger partial charge in [0.2, 0.25) is 0 Å². The molecule has 0 radical (unpaired) electrons. The van der Waals surface area contributed by atoms with Gasteiger partial charge in [0.25, 0.3) is 0 Å². The lowest BCUT2D eigenvalue weighted by Crippen LogP contribution is -2.15. The van der Waals surface area contributed by atoms with E-state index in [-0.39, 0.29) is 5.03 Å². The zero-order valence-corrected chi connectivity index (χ0v) is 11.1. The molecule has 0 bridgehead atoms. The second-order valence-electron chi connectivity index (χ2n) is 4.18. The standard InChI is InChI=1S/C13H14N2O2S/c1-10(2)18(16,17)12-8-9-14-13(15-12)11-6-4-3-5-7-11/h3-10H,1-2H3. The highest BCUT2D eigenvalue weighted by Crippen LogP contribution is 2.18. The fourth-order valence-corrected chi connectivity index (χ4v) is 2.42. The summed E-state index contributed by atoms with van der Waals surface area (Å²) in [5, 5.41) is -0.414. The largest absolute Gasteiger partial charge is 0.236 e. The zero-order valence-electron chi connectivity index (χ0n) is 10.2. The first-order valence-corrected chi connectivity index (χ1v) is 7.19. The number of nitrogens with zero attached hydrogens (tertiary/aromatic N) is 2. The van der Waals surface area contributed by atoms with Crippen LogP contribution in [0.3, 0.4) is 0 Å². The molecule has 0 saturated heterocycles. The van der Waals surface area contributed by atoms with E-state index < -0.39 is 15.1 Å². The van der Waals surface area contributed by atoms with E-state index in [4.69, 9.17) is 0 Å². The predicted molar refractivity (Wildman–Crippen MR) is 69.8 cm³/mol. The molecule has 4 nitrogen and oxygen atoms in total. The van der Waals surface area contributed by atoms with E-state index in [2.05, 4.69) is 9.97 Å². The van der Waals surface area contributed by atoms with Crippen LogP contribution in [0.1, 0.15) is 13.8 Å². The summed E-state index contributed by atoms with van der Waals surface area (Å²) in [6.45, 7) is 3.28. The van der Waals surface area contributed by atoms with E-state index in [1.807, 2.05) is 30.3 Å². The van der Waals surface area contributed by atoms with Crippen molar-refractivity contribution < 1.29 is 8.42 Å². The van der Waals surface area contributed by atoms with Crippen molar-refractivity contribution in [3.8, 4) is 11.4 Å². The summed E-state index contributed by atoms with van der Waals surface area (Å²) in [7, 11) is -3.36. The minimum absolute atomic E-state index is 0.0753. The molecule has 0 amide bonds. The van der Waals surface area contributed by atoms with Crippen LogP contribution in [-0.2, 0) is 9.84 Å². The fraction of sp³-hybridized carbons (Fsp3) is 0.231. The van der Waals surface area contributed by atoms with Crippen LogP contribution in [0.15, 0.2) is 47.6 Å². The van der Waals surface area contributed by atoms with Gasteiger partial charge in [0.05, 0.1) is 5.25 Å². The van der Waals surface area contributed by atoms with Gasteiger partial charge in [-0.25, -0.2) is 18.4 Å². The number of hydrogen-bond donors (Lipinski definition) is 0. The average molecular weight is 262 g/mol. The first kappa shape index (κ1) is 12.7. The van der Waals surface area contributed by atoms with Crippen LogP contribution in [0, 0.1) is 0 Å². The van der Waals surface area contributed by atoms with Crippen LogP contribution in [0.2, 0.25) is 0 Å². The Kier molecular flexibility index (Phi) is 3.43. The van der Waals surface area contributed by atoms with Crippen molar-refractivity contribution in [3.63, 3.8) is 0 Å². The Morgan fingerprint density at radius 2 is 1.72 bits per heavy atom. The molecular weight excluding hydrogens is 248 g/mol. The molecule has 2 rings (SSSR count).